The molecule has 0 unspecified atom stereocenters. The highest BCUT2D eigenvalue weighted by Crippen LogP contribution is 2.23. The topological polar surface area (TPSA) is 52.3 Å². The largest absolute Gasteiger partial charge is 0.456 e. The van der Waals surface area contributed by atoms with Crippen LogP contribution in [0.1, 0.15) is 31.1 Å². The number of thiol groups is 1. The molecule has 0 aromatic heterocycles. The minimum absolute atomic E-state index is 0.0735. The van der Waals surface area contributed by atoms with E-state index in [1.54, 1.807) is 20.8 Å². The van der Waals surface area contributed by atoms with Crippen LogP contribution >= 0.6 is 12.6 Å². The van der Waals surface area contributed by atoms with E-state index in [-0.39, 0.29) is 16.1 Å². The van der Waals surface area contributed by atoms with Crippen LogP contribution in [0, 0.1) is 5.82 Å². The highest BCUT2D eigenvalue weighted by atomic mass is 32.1. The molecule has 0 saturated heterocycles. The summed E-state index contributed by atoms with van der Waals surface area (Å²) in [7, 11) is 0. The number of anilines is 1. The van der Waals surface area contributed by atoms with Crippen molar-refractivity contribution in [3.63, 3.8) is 0 Å². The summed E-state index contributed by atoms with van der Waals surface area (Å²) in [5, 5.41) is 0. The van der Waals surface area contributed by atoms with Gasteiger partial charge in [0.25, 0.3) is 0 Å². The van der Waals surface area contributed by atoms with E-state index >= 15 is 0 Å². The average Bonchev–Trinajstić information content (AvgIpc) is 2.10. The maximum atomic E-state index is 13.3. The smallest absolute Gasteiger partial charge is 0.338 e. The van der Waals surface area contributed by atoms with Gasteiger partial charge in [-0.1, -0.05) is 0 Å². The molecule has 0 amide bonds. The van der Waals surface area contributed by atoms with E-state index in [9.17, 15) is 9.18 Å². The molecular formula is C11H14FNO2S. The summed E-state index contributed by atoms with van der Waals surface area (Å²) in [6, 6.07) is 2.43. The van der Waals surface area contributed by atoms with Crippen molar-refractivity contribution in [1.29, 1.82) is 0 Å². The molecule has 0 saturated carbocycles. The molecule has 0 aliphatic heterocycles. The predicted molar refractivity (Wildman–Crippen MR) is 63.2 cm³/mol. The van der Waals surface area contributed by atoms with Gasteiger partial charge in [0.05, 0.1) is 11.3 Å². The third-order valence-corrected chi connectivity index (χ3v) is 2.11. The number of nitrogen functional groups attached to an aromatic ring is 1. The van der Waals surface area contributed by atoms with Crippen LogP contribution in [0.4, 0.5) is 10.1 Å². The normalized spacial score (nSPS) is 11.3. The van der Waals surface area contributed by atoms with Crippen LogP contribution < -0.4 is 5.73 Å². The Hall–Kier alpha value is -1.23. The molecule has 0 fully saturated rings. The van der Waals surface area contributed by atoms with E-state index in [2.05, 4.69) is 12.6 Å². The van der Waals surface area contributed by atoms with Gasteiger partial charge in [-0.3, -0.25) is 0 Å². The van der Waals surface area contributed by atoms with E-state index < -0.39 is 17.4 Å². The van der Waals surface area contributed by atoms with Gasteiger partial charge in [0.15, 0.2) is 0 Å². The highest BCUT2D eigenvalue weighted by Gasteiger charge is 2.19. The first-order valence-electron chi connectivity index (χ1n) is 4.72. The number of hydrogen-bond acceptors (Lipinski definition) is 4. The van der Waals surface area contributed by atoms with E-state index in [1.807, 2.05) is 0 Å². The quantitative estimate of drug-likeness (QED) is 0.453. The van der Waals surface area contributed by atoms with E-state index in [1.165, 1.54) is 6.07 Å². The fraction of sp³-hybridized carbons (Fsp3) is 0.364. The molecule has 0 aliphatic rings. The van der Waals surface area contributed by atoms with Crippen molar-refractivity contribution in [2.45, 2.75) is 31.3 Å². The molecule has 0 radical (unpaired) electrons. The standard InChI is InChI=1S/C11H14FNO2S/c1-11(2,3)15-10(14)6-4-7(12)9(13)8(16)5-6/h4-5,16H,13H2,1-3H3. The number of carbonyl (C=O) groups excluding carboxylic acids is 1. The third-order valence-electron chi connectivity index (χ3n) is 1.74. The number of hydrogen-bond donors (Lipinski definition) is 2. The molecule has 2 N–H and O–H groups in total. The van der Waals surface area contributed by atoms with Crippen LogP contribution in [0.15, 0.2) is 17.0 Å². The van der Waals surface area contributed by atoms with Gasteiger partial charge in [-0.15, -0.1) is 12.6 Å². The molecule has 1 aromatic rings. The second-order valence-electron chi connectivity index (χ2n) is 4.39. The monoisotopic (exact) mass is 243 g/mol. The molecule has 0 bridgehead atoms. The number of benzene rings is 1. The Balaban J connectivity index is 3.02. The Bertz CT molecular complexity index is 403. The minimum atomic E-state index is -0.673. The number of esters is 1. The van der Waals surface area contributed by atoms with Crippen LogP contribution in [-0.4, -0.2) is 11.6 Å². The van der Waals surface area contributed by atoms with Crippen LogP contribution in [0.25, 0.3) is 0 Å². The first-order chi connectivity index (χ1) is 7.20. The van der Waals surface area contributed by atoms with Crippen molar-refractivity contribution >= 4 is 24.3 Å². The number of nitrogens with two attached hydrogens (primary N) is 1. The number of halogens is 1. The fourth-order valence-corrected chi connectivity index (χ4v) is 1.30. The van der Waals surface area contributed by atoms with Gasteiger partial charge in [-0.2, -0.15) is 0 Å². The van der Waals surface area contributed by atoms with Gasteiger partial charge in [-0.05, 0) is 32.9 Å². The Morgan fingerprint density at radius 3 is 2.44 bits per heavy atom. The maximum absolute atomic E-state index is 13.3. The number of rotatable bonds is 1. The Labute approximate surface area is 99.2 Å². The summed E-state index contributed by atoms with van der Waals surface area (Å²) in [5.41, 5.74) is 4.79. The van der Waals surface area contributed by atoms with Gasteiger partial charge in [-0.25, -0.2) is 9.18 Å². The van der Waals surface area contributed by atoms with Crippen LogP contribution in [0.5, 0.6) is 0 Å². The maximum Gasteiger partial charge on any atom is 0.338 e. The van der Waals surface area contributed by atoms with Gasteiger partial charge in [0.1, 0.15) is 11.4 Å². The van der Waals surface area contributed by atoms with Gasteiger partial charge < -0.3 is 10.5 Å². The van der Waals surface area contributed by atoms with Crippen molar-refractivity contribution in [3.05, 3.63) is 23.5 Å². The molecular weight excluding hydrogens is 229 g/mol. The van der Waals surface area contributed by atoms with Gasteiger partial charge >= 0.3 is 5.97 Å². The zero-order valence-electron chi connectivity index (χ0n) is 9.37. The van der Waals surface area contributed by atoms with E-state index in [0.29, 0.717) is 0 Å². The molecule has 1 aromatic carbocycles. The van der Waals surface area contributed by atoms with Crippen molar-refractivity contribution in [2.24, 2.45) is 0 Å². The Morgan fingerprint density at radius 1 is 1.44 bits per heavy atom. The summed E-state index contributed by atoms with van der Waals surface area (Å²) in [6.45, 7) is 5.21. The zero-order valence-corrected chi connectivity index (χ0v) is 10.3. The predicted octanol–water partition coefficient (Wildman–Crippen LogP) is 2.65. The lowest BCUT2D eigenvalue weighted by atomic mass is 10.1. The lowest BCUT2D eigenvalue weighted by molar-refractivity contribution is 0.00688. The first kappa shape index (κ1) is 12.8. The van der Waals surface area contributed by atoms with E-state index in [0.717, 1.165) is 6.07 Å². The summed E-state index contributed by atoms with van der Waals surface area (Å²) in [6.07, 6.45) is 0. The van der Waals surface area contributed by atoms with E-state index in [4.69, 9.17) is 10.5 Å². The minimum Gasteiger partial charge on any atom is -0.456 e. The third kappa shape index (κ3) is 3.13. The summed E-state index contributed by atoms with van der Waals surface area (Å²) in [5.74, 6) is -1.27. The van der Waals surface area contributed by atoms with Crippen LogP contribution in [-0.2, 0) is 4.74 Å². The molecule has 0 aliphatic carbocycles. The highest BCUT2D eigenvalue weighted by molar-refractivity contribution is 7.80. The molecule has 3 nitrogen and oxygen atoms in total. The lowest BCUT2D eigenvalue weighted by Crippen LogP contribution is -2.24. The second kappa shape index (κ2) is 4.33. The summed E-state index contributed by atoms with van der Waals surface area (Å²) < 4.78 is 18.3. The van der Waals surface area contributed by atoms with Gasteiger partial charge in [0.2, 0.25) is 0 Å². The van der Waals surface area contributed by atoms with Crippen molar-refractivity contribution in [1.82, 2.24) is 0 Å². The lowest BCUT2D eigenvalue weighted by Gasteiger charge is -2.19. The molecule has 0 spiro atoms. The van der Waals surface area contributed by atoms with Crippen LogP contribution in [0.2, 0.25) is 0 Å². The number of carbonyl (C=O) groups is 1. The number of ether oxygens (including phenoxy) is 1. The molecule has 5 heteroatoms. The second-order valence-corrected chi connectivity index (χ2v) is 4.87. The molecule has 88 valence electrons. The van der Waals surface area contributed by atoms with Gasteiger partial charge in [0, 0.05) is 4.90 Å². The fourth-order valence-electron chi connectivity index (χ4n) is 1.06. The van der Waals surface area contributed by atoms with Crippen molar-refractivity contribution in [3.8, 4) is 0 Å². The Morgan fingerprint density at radius 2 is 2.00 bits per heavy atom. The molecule has 0 atom stereocenters. The van der Waals surface area contributed by atoms with Crippen molar-refractivity contribution in [2.75, 3.05) is 5.73 Å². The average molecular weight is 243 g/mol. The summed E-state index contributed by atoms with van der Waals surface area (Å²) >= 11 is 3.97. The van der Waals surface area contributed by atoms with Crippen LogP contribution in [0.3, 0.4) is 0 Å². The first-order valence-corrected chi connectivity index (χ1v) is 5.17. The van der Waals surface area contributed by atoms with Crippen molar-refractivity contribution < 1.29 is 13.9 Å². The Kier molecular flexibility index (Phi) is 3.48. The molecule has 16 heavy (non-hydrogen) atoms. The summed E-state index contributed by atoms with van der Waals surface area (Å²) in [4.78, 5) is 11.8. The zero-order chi connectivity index (χ0) is 12.5. The molecule has 1 rings (SSSR count). The molecule has 0 heterocycles. The SMILES string of the molecule is CC(C)(C)OC(=O)c1cc(F)c(N)c(S)c1.